The van der Waals surface area contributed by atoms with Crippen molar-refractivity contribution in [1.82, 2.24) is 19.7 Å². The van der Waals surface area contributed by atoms with Crippen LogP contribution in [-0.2, 0) is 12.0 Å². The third-order valence-corrected chi connectivity index (χ3v) is 4.32. The Morgan fingerprint density at radius 3 is 2.20 bits per heavy atom. The first-order chi connectivity index (χ1) is 12.0. The molecular formula is C21H22N4. The monoisotopic (exact) mass is 330 g/mol. The van der Waals surface area contributed by atoms with E-state index in [0.29, 0.717) is 0 Å². The molecule has 0 radical (unpaired) electrons. The molecule has 4 rings (SSSR count). The molecule has 2 aromatic heterocycles. The fourth-order valence-corrected chi connectivity index (χ4v) is 3.04. The van der Waals surface area contributed by atoms with Crippen LogP contribution >= 0.6 is 0 Å². The normalized spacial score (nSPS) is 12.0. The molecule has 2 aromatic carbocycles. The van der Waals surface area contributed by atoms with Crippen molar-refractivity contribution >= 4 is 11.2 Å². The van der Waals surface area contributed by atoms with Crippen LogP contribution in [0.1, 0.15) is 32.0 Å². The van der Waals surface area contributed by atoms with Gasteiger partial charge in [-0.25, -0.2) is 9.67 Å². The molecule has 0 unspecified atom stereocenters. The van der Waals surface area contributed by atoms with Crippen molar-refractivity contribution in [2.45, 2.75) is 32.7 Å². The van der Waals surface area contributed by atoms with Gasteiger partial charge in [-0.1, -0.05) is 81.4 Å². The van der Waals surface area contributed by atoms with Crippen LogP contribution in [0.5, 0.6) is 0 Å². The van der Waals surface area contributed by atoms with Crippen molar-refractivity contribution in [3.05, 3.63) is 71.9 Å². The quantitative estimate of drug-likeness (QED) is 0.588. The smallest absolute Gasteiger partial charge is 0.156 e. The van der Waals surface area contributed by atoms with E-state index in [4.69, 9.17) is 10.1 Å². The van der Waals surface area contributed by atoms with E-state index in [2.05, 4.69) is 62.2 Å². The fraction of sp³-hybridized carbons (Fsp3) is 0.238. The summed E-state index contributed by atoms with van der Waals surface area (Å²) in [6.45, 7) is 7.26. The Bertz CT molecular complexity index is 989. The first-order valence-corrected chi connectivity index (χ1v) is 8.59. The molecule has 25 heavy (non-hydrogen) atoms. The van der Waals surface area contributed by atoms with Gasteiger partial charge in [0.15, 0.2) is 5.65 Å². The molecule has 0 aliphatic heterocycles. The number of H-pyrrole nitrogens is 1. The fourth-order valence-electron chi connectivity index (χ4n) is 3.04. The van der Waals surface area contributed by atoms with Gasteiger partial charge in [-0.15, -0.1) is 0 Å². The van der Waals surface area contributed by atoms with Crippen molar-refractivity contribution in [3.8, 4) is 11.4 Å². The number of hydrogen-bond acceptors (Lipinski definition) is 2. The van der Waals surface area contributed by atoms with Crippen LogP contribution in [0.25, 0.3) is 22.6 Å². The van der Waals surface area contributed by atoms with E-state index in [1.165, 1.54) is 5.56 Å². The van der Waals surface area contributed by atoms with Crippen LogP contribution in [0.3, 0.4) is 0 Å². The van der Waals surface area contributed by atoms with Gasteiger partial charge in [-0.2, -0.15) is 5.10 Å². The van der Waals surface area contributed by atoms with Gasteiger partial charge in [0.25, 0.3) is 0 Å². The predicted molar refractivity (Wildman–Crippen MR) is 102 cm³/mol. The van der Waals surface area contributed by atoms with Gasteiger partial charge in [-0.3, -0.25) is 0 Å². The molecule has 4 heteroatoms. The number of fused-ring (bicyclic) bond motifs is 1. The Morgan fingerprint density at radius 1 is 0.920 bits per heavy atom. The average molecular weight is 330 g/mol. The number of rotatable bonds is 3. The zero-order valence-electron chi connectivity index (χ0n) is 14.8. The first-order valence-electron chi connectivity index (χ1n) is 8.59. The highest BCUT2D eigenvalue weighted by atomic mass is 15.3. The standard InChI is InChI=1S/C21H22N4/c1-21(2,3)18-17-20(23-19(22-17)16-12-8-5-9-13-16)25(24-18)14-15-10-6-4-7-11-15/h4-13H,14H2,1-3H3,(H,22,23). The minimum Gasteiger partial charge on any atom is -0.323 e. The Kier molecular flexibility index (Phi) is 3.68. The first kappa shape index (κ1) is 15.6. The molecule has 126 valence electrons. The highest BCUT2D eigenvalue weighted by molar-refractivity contribution is 5.80. The zero-order chi connectivity index (χ0) is 17.4. The van der Waals surface area contributed by atoms with Gasteiger partial charge in [0, 0.05) is 11.0 Å². The Morgan fingerprint density at radius 2 is 1.56 bits per heavy atom. The summed E-state index contributed by atoms with van der Waals surface area (Å²) in [6.07, 6.45) is 0. The summed E-state index contributed by atoms with van der Waals surface area (Å²) in [5.74, 6) is 0.889. The number of aromatic amines is 1. The maximum absolute atomic E-state index is 4.87. The zero-order valence-corrected chi connectivity index (χ0v) is 14.8. The lowest BCUT2D eigenvalue weighted by Crippen LogP contribution is -2.14. The van der Waals surface area contributed by atoms with Crippen molar-refractivity contribution < 1.29 is 0 Å². The lowest BCUT2D eigenvalue weighted by molar-refractivity contribution is 0.549. The summed E-state index contributed by atoms with van der Waals surface area (Å²) in [4.78, 5) is 8.36. The van der Waals surface area contributed by atoms with Crippen molar-refractivity contribution in [1.29, 1.82) is 0 Å². The van der Waals surface area contributed by atoms with Crippen LogP contribution in [0.4, 0.5) is 0 Å². The maximum atomic E-state index is 4.87. The Hall–Kier alpha value is -2.88. The lowest BCUT2D eigenvalue weighted by atomic mass is 9.92. The van der Waals surface area contributed by atoms with Gasteiger partial charge in [0.2, 0.25) is 0 Å². The van der Waals surface area contributed by atoms with Gasteiger partial charge < -0.3 is 4.98 Å². The topological polar surface area (TPSA) is 46.5 Å². The predicted octanol–water partition coefficient (Wildman–Crippen LogP) is 4.77. The molecule has 0 saturated heterocycles. The van der Waals surface area contributed by atoms with Gasteiger partial charge >= 0.3 is 0 Å². The number of nitrogens with zero attached hydrogens (tertiary/aromatic N) is 3. The Balaban J connectivity index is 1.86. The van der Waals surface area contributed by atoms with E-state index in [1.54, 1.807) is 0 Å². The van der Waals surface area contributed by atoms with E-state index < -0.39 is 0 Å². The van der Waals surface area contributed by atoms with E-state index >= 15 is 0 Å². The third kappa shape index (κ3) is 2.95. The van der Waals surface area contributed by atoms with E-state index in [-0.39, 0.29) is 5.41 Å². The summed E-state index contributed by atoms with van der Waals surface area (Å²) < 4.78 is 2.03. The second-order valence-electron chi connectivity index (χ2n) is 7.39. The van der Waals surface area contributed by atoms with Gasteiger partial charge in [0.05, 0.1) is 12.2 Å². The molecule has 0 bridgehead atoms. The molecule has 2 heterocycles. The SMILES string of the molecule is CC(C)(C)c1nn(Cc2ccccc2)c2[nH]c(-c3ccccc3)nc12. The highest BCUT2D eigenvalue weighted by Gasteiger charge is 2.25. The average Bonchev–Trinajstić information content (AvgIpc) is 3.17. The Labute approximate surface area is 147 Å². The number of nitrogens with one attached hydrogen (secondary N) is 1. The second-order valence-corrected chi connectivity index (χ2v) is 7.39. The van der Waals surface area contributed by atoms with Crippen molar-refractivity contribution in [3.63, 3.8) is 0 Å². The van der Waals surface area contributed by atoms with Crippen molar-refractivity contribution in [2.75, 3.05) is 0 Å². The molecule has 0 atom stereocenters. The molecule has 0 aliphatic carbocycles. The number of benzene rings is 2. The van der Waals surface area contributed by atoms with E-state index in [9.17, 15) is 0 Å². The van der Waals surface area contributed by atoms with Crippen LogP contribution < -0.4 is 0 Å². The molecule has 4 nitrogen and oxygen atoms in total. The molecule has 0 saturated carbocycles. The number of hydrogen-bond donors (Lipinski definition) is 1. The minimum absolute atomic E-state index is 0.0661. The summed E-state index contributed by atoms with van der Waals surface area (Å²) in [6, 6.07) is 20.6. The molecule has 0 aliphatic rings. The minimum atomic E-state index is -0.0661. The largest absolute Gasteiger partial charge is 0.323 e. The molecule has 4 aromatic rings. The third-order valence-electron chi connectivity index (χ3n) is 4.32. The number of aromatic nitrogens is 4. The highest BCUT2D eigenvalue weighted by Crippen LogP contribution is 2.30. The summed E-state index contributed by atoms with van der Waals surface area (Å²) in [5, 5.41) is 4.87. The van der Waals surface area contributed by atoms with Crippen LogP contribution in [0.2, 0.25) is 0 Å². The van der Waals surface area contributed by atoms with E-state index in [0.717, 1.165) is 34.8 Å². The van der Waals surface area contributed by atoms with Crippen molar-refractivity contribution in [2.24, 2.45) is 0 Å². The summed E-state index contributed by atoms with van der Waals surface area (Å²) in [7, 11) is 0. The van der Waals surface area contributed by atoms with Crippen LogP contribution in [-0.4, -0.2) is 19.7 Å². The molecule has 0 fully saturated rings. The lowest BCUT2D eigenvalue weighted by Gasteiger charge is -2.14. The van der Waals surface area contributed by atoms with Crippen LogP contribution in [0.15, 0.2) is 60.7 Å². The van der Waals surface area contributed by atoms with Gasteiger partial charge in [0.1, 0.15) is 11.3 Å². The summed E-state index contributed by atoms with van der Waals surface area (Å²) in [5.41, 5.74) is 5.21. The van der Waals surface area contributed by atoms with E-state index in [1.807, 2.05) is 28.9 Å². The summed E-state index contributed by atoms with van der Waals surface area (Å²) >= 11 is 0. The van der Waals surface area contributed by atoms with Crippen LogP contribution in [0, 0.1) is 0 Å². The molecule has 1 N–H and O–H groups in total. The second kappa shape index (κ2) is 5.88. The van der Waals surface area contributed by atoms with Gasteiger partial charge in [-0.05, 0) is 5.56 Å². The molecule has 0 spiro atoms. The molecular weight excluding hydrogens is 308 g/mol. The number of imidazole rings is 1. The maximum Gasteiger partial charge on any atom is 0.156 e. The molecule has 0 amide bonds.